The molecule has 1 amide bonds. The number of carbonyl (C=O) groups excluding carboxylic acids is 1. The second-order valence-corrected chi connectivity index (χ2v) is 5.54. The summed E-state index contributed by atoms with van der Waals surface area (Å²) in [6, 6.07) is 4.20. The van der Waals surface area contributed by atoms with Crippen molar-refractivity contribution in [2.24, 2.45) is 11.8 Å². The van der Waals surface area contributed by atoms with Gasteiger partial charge in [-0.25, -0.2) is 4.39 Å². The second kappa shape index (κ2) is 6.26. The van der Waals surface area contributed by atoms with Crippen molar-refractivity contribution in [2.75, 3.05) is 13.1 Å². The molecule has 21 heavy (non-hydrogen) atoms. The number of amides is 1. The molecule has 1 unspecified atom stereocenters. The summed E-state index contributed by atoms with van der Waals surface area (Å²) in [6.07, 6.45) is 2.94. The topological polar surface area (TPSA) is 57.6 Å². The monoisotopic (exact) mass is 311 g/mol. The zero-order valence-corrected chi connectivity index (χ0v) is 12.2. The minimum Gasteiger partial charge on any atom is -0.481 e. The number of rotatable bonds is 4. The van der Waals surface area contributed by atoms with Gasteiger partial charge < -0.3 is 10.0 Å². The molecular weight excluding hydrogens is 297 g/mol. The van der Waals surface area contributed by atoms with Gasteiger partial charge in [-0.05, 0) is 23.8 Å². The Morgan fingerprint density at radius 3 is 2.71 bits per heavy atom. The Bertz CT molecular complexity index is 597. The van der Waals surface area contributed by atoms with Crippen LogP contribution in [0, 0.1) is 17.7 Å². The molecule has 1 atom stereocenters. The molecule has 0 radical (unpaired) electrons. The van der Waals surface area contributed by atoms with Crippen molar-refractivity contribution in [2.45, 2.75) is 6.92 Å². The molecule has 6 heteroatoms. The van der Waals surface area contributed by atoms with Gasteiger partial charge in [0.1, 0.15) is 5.82 Å². The number of hydrogen-bond acceptors (Lipinski definition) is 2. The standard InChI is InChI=1S/C15H15ClFNO3/c1-9(15(20)21)11-7-18(8-11)14(19)5-3-10-2-4-13(17)12(16)6-10/h2-6,9,11H,7-8H2,1H3,(H,20,21)/b5-3+. The first-order chi connectivity index (χ1) is 9.88. The molecule has 1 aromatic rings. The summed E-state index contributed by atoms with van der Waals surface area (Å²) in [6.45, 7) is 2.53. The quantitative estimate of drug-likeness (QED) is 0.870. The normalized spacial score (nSPS) is 16.8. The number of carboxylic acids is 1. The van der Waals surface area contributed by atoms with E-state index in [1.165, 1.54) is 24.3 Å². The predicted octanol–water partition coefficient (Wildman–Crippen LogP) is 2.67. The van der Waals surface area contributed by atoms with E-state index in [0.29, 0.717) is 18.7 Å². The van der Waals surface area contributed by atoms with Crippen molar-refractivity contribution in [1.82, 2.24) is 4.90 Å². The van der Waals surface area contributed by atoms with Gasteiger partial charge in [0.2, 0.25) is 5.91 Å². The summed E-state index contributed by atoms with van der Waals surface area (Å²) in [4.78, 5) is 24.3. The molecular formula is C15H15ClFNO3. The van der Waals surface area contributed by atoms with Gasteiger partial charge in [-0.1, -0.05) is 24.6 Å². The number of carboxylic acid groups (broad SMARTS) is 1. The van der Waals surface area contributed by atoms with E-state index < -0.39 is 17.7 Å². The highest BCUT2D eigenvalue weighted by Crippen LogP contribution is 2.24. The van der Waals surface area contributed by atoms with Gasteiger partial charge in [0, 0.05) is 25.1 Å². The average Bonchev–Trinajstić information content (AvgIpc) is 2.38. The third-order valence-electron chi connectivity index (χ3n) is 3.68. The van der Waals surface area contributed by atoms with Crippen LogP contribution in [0.15, 0.2) is 24.3 Å². The summed E-state index contributed by atoms with van der Waals surface area (Å²) in [7, 11) is 0. The van der Waals surface area contributed by atoms with E-state index >= 15 is 0 Å². The number of nitrogens with zero attached hydrogens (tertiary/aromatic N) is 1. The lowest BCUT2D eigenvalue weighted by Gasteiger charge is -2.40. The minimum absolute atomic E-state index is 0.000107. The second-order valence-electron chi connectivity index (χ2n) is 5.14. The molecule has 0 bridgehead atoms. The number of carbonyl (C=O) groups is 2. The lowest BCUT2D eigenvalue weighted by atomic mass is 9.87. The van der Waals surface area contributed by atoms with E-state index in [2.05, 4.69) is 0 Å². The number of likely N-dealkylation sites (tertiary alicyclic amines) is 1. The summed E-state index contributed by atoms with van der Waals surface area (Å²) in [5.74, 6) is -1.99. The van der Waals surface area contributed by atoms with Crippen molar-refractivity contribution < 1.29 is 19.1 Å². The van der Waals surface area contributed by atoms with Crippen LogP contribution in [-0.4, -0.2) is 35.0 Å². The molecule has 1 aliphatic rings. The lowest BCUT2D eigenvalue weighted by molar-refractivity contribution is -0.148. The Balaban J connectivity index is 1.90. The number of hydrogen-bond donors (Lipinski definition) is 1. The highest BCUT2D eigenvalue weighted by atomic mass is 35.5. The van der Waals surface area contributed by atoms with E-state index in [-0.39, 0.29) is 16.8 Å². The van der Waals surface area contributed by atoms with Gasteiger partial charge in [0.05, 0.1) is 10.9 Å². The van der Waals surface area contributed by atoms with Crippen molar-refractivity contribution >= 4 is 29.6 Å². The molecule has 1 N–H and O–H groups in total. The predicted molar refractivity (Wildman–Crippen MR) is 77.3 cm³/mol. The van der Waals surface area contributed by atoms with Crippen LogP contribution in [0.2, 0.25) is 5.02 Å². The lowest BCUT2D eigenvalue weighted by Crippen LogP contribution is -2.53. The zero-order valence-electron chi connectivity index (χ0n) is 11.4. The van der Waals surface area contributed by atoms with Crippen LogP contribution in [0.4, 0.5) is 4.39 Å². The van der Waals surface area contributed by atoms with E-state index in [4.69, 9.17) is 16.7 Å². The van der Waals surface area contributed by atoms with Crippen LogP contribution in [0.25, 0.3) is 6.08 Å². The maximum Gasteiger partial charge on any atom is 0.306 e. The van der Waals surface area contributed by atoms with Crippen LogP contribution in [0.5, 0.6) is 0 Å². The first kappa shape index (κ1) is 15.5. The molecule has 1 heterocycles. The summed E-state index contributed by atoms with van der Waals surface area (Å²) >= 11 is 5.65. The zero-order chi connectivity index (χ0) is 15.6. The van der Waals surface area contributed by atoms with Crippen molar-refractivity contribution in [3.8, 4) is 0 Å². The molecule has 0 aromatic heterocycles. The van der Waals surface area contributed by atoms with Crippen LogP contribution >= 0.6 is 11.6 Å². The minimum atomic E-state index is -0.844. The highest BCUT2D eigenvalue weighted by molar-refractivity contribution is 6.30. The van der Waals surface area contributed by atoms with E-state index in [0.717, 1.165) is 0 Å². The molecule has 0 aliphatic carbocycles. The van der Waals surface area contributed by atoms with Gasteiger partial charge in [-0.15, -0.1) is 0 Å². The number of halogens is 2. The van der Waals surface area contributed by atoms with Gasteiger partial charge in [0.15, 0.2) is 0 Å². The van der Waals surface area contributed by atoms with Crippen molar-refractivity contribution in [1.29, 1.82) is 0 Å². The van der Waals surface area contributed by atoms with Crippen LogP contribution in [-0.2, 0) is 9.59 Å². The first-order valence-electron chi connectivity index (χ1n) is 6.53. The van der Waals surface area contributed by atoms with Crippen LogP contribution in [0.1, 0.15) is 12.5 Å². The van der Waals surface area contributed by atoms with Crippen molar-refractivity contribution in [3.05, 3.63) is 40.7 Å². The molecule has 1 aliphatic heterocycles. The van der Waals surface area contributed by atoms with Crippen LogP contribution < -0.4 is 0 Å². The molecule has 2 rings (SSSR count). The Hall–Kier alpha value is -1.88. The fourth-order valence-electron chi connectivity index (χ4n) is 2.10. The van der Waals surface area contributed by atoms with Gasteiger partial charge in [0.25, 0.3) is 0 Å². The Labute approximate surface area is 126 Å². The molecule has 1 aromatic carbocycles. The Morgan fingerprint density at radius 2 is 2.14 bits per heavy atom. The average molecular weight is 312 g/mol. The molecule has 112 valence electrons. The van der Waals surface area contributed by atoms with Crippen molar-refractivity contribution in [3.63, 3.8) is 0 Å². The van der Waals surface area contributed by atoms with E-state index in [1.54, 1.807) is 17.9 Å². The fourth-order valence-corrected chi connectivity index (χ4v) is 2.29. The van der Waals surface area contributed by atoms with E-state index in [1.807, 2.05) is 0 Å². The summed E-state index contributed by atoms with van der Waals surface area (Å²) < 4.78 is 13.0. The largest absolute Gasteiger partial charge is 0.481 e. The van der Waals surface area contributed by atoms with Gasteiger partial charge >= 0.3 is 5.97 Å². The molecule has 0 spiro atoms. The molecule has 1 fully saturated rings. The van der Waals surface area contributed by atoms with Crippen LogP contribution in [0.3, 0.4) is 0 Å². The summed E-state index contributed by atoms with van der Waals surface area (Å²) in [5.41, 5.74) is 0.630. The first-order valence-corrected chi connectivity index (χ1v) is 6.91. The van der Waals surface area contributed by atoms with Gasteiger partial charge in [-0.2, -0.15) is 0 Å². The number of benzene rings is 1. The maximum absolute atomic E-state index is 13.0. The maximum atomic E-state index is 13.0. The summed E-state index contributed by atoms with van der Waals surface area (Å²) in [5, 5.41) is 8.89. The Kier molecular flexibility index (Phi) is 4.63. The highest BCUT2D eigenvalue weighted by Gasteiger charge is 2.36. The Morgan fingerprint density at radius 1 is 1.48 bits per heavy atom. The third-order valence-corrected chi connectivity index (χ3v) is 3.97. The van der Waals surface area contributed by atoms with Gasteiger partial charge in [-0.3, -0.25) is 9.59 Å². The third kappa shape index (κ3) is 3.61. The van der Waals surface area contributed by atoms with E-state index in [9.17, 15) is 14.0 Å². The molecule has 4 nitrogen and oxygen atoms in total. The SMILES string of the molecule is CC(C(=O)O)C1CN(C(=O)/C=C/c2ccc(F)c(Cl)c2)C1. The smallest absolute Gasteiger partial charge is 0.306 e. The number of aliphatic carboxylic acids is 1. The fraction of sp³-hybridized carbons (Fsp3) is 0.333. The molecule has 1 saturated heterocycles. The molecule has 0 saturated carbocycles.